The minimum atomic E-state index is -1.03. The zero-order valence-electron chi connectivity index (χ0n) is 13.9. The maximum Gasteiger partial charge on any atom is 0.325 e. The molecule has 0 aromatic heterocycles. The van der Waals surface area contributed by atoms with Crippen molar-refractivity contribution < 1.29 is 23.8 Å². The monoisotopic (exact) mass is 338 g/mol. The summed E-state index contributed by atoms with van der Waals surface area (Å²) in [4.78, 5) is 25.4. The summed E-state index contributed by atoms with van der Waals surface area (Å²) in [6.07, 6.45) is -0.0504. The number of carbonyl (C=O) groups excluding carboxylic acids is 2. The first kappa shape index (κ1) is 18.4. The highest BCUT2D eigenvalue weighted by atomic mass is 19.1. The van der Waals surface area contributed by atoms with Crippen LogP contribution in [0, 0.1) is 5.82 Å². The van der Waals surface area contributed by atoms with Crippen LogP contribution in [0.2, 0.25) is 0 Å². The third kappa shape index (κ3) is 3.73. The van der Waals surface area contributed by atoms with Crippen LogP contribution in [-0.4, -0.2) is 46.7 Å². The summed E-state index contributed by atoms with van der Waals surface area (Å²) in [5.74, 6) is -0.706. The van der Waals surface area contributed by atoms with Gasteiger partial charge in [0.05, 0.1) is 25.9 Å². The topological polar surface area (TPSA) is 78.9 Å². The lowest BCUT2D eigenvalue weighted by Crippen LogP contribution is -2.46. The number of rotatable bonds is 8. The van der Waals surface area contributed by atoms with E-state index in [1.807, 2.05) is 13.8 Å². The summed E-state index contributed by atoms with van der Waals surface area (Å²) in [6.45, 7) is 3.43. The molecular formula is C17H23FN2O4. The van der Waals surface area contributed by atoms with Crippen molar-refractivity contribution in [2.24, 2.45) is 0 Å². The molecule has 0 spiro atoms. The molecular weight excluding hydrogens is 315 g/mol. The maximum atomic E-state index is 13.5. The largest absolute Gasteiger partial charge is 0.389 e. The molecule has 0 bridgehead atoms. The number of aliphatic hydroxyl groups excluding tert-OH is 1. The molecule has 24 heavy (non-hydrogen) atoms. The number of nitrogens with one attached hydrogen (secondary N) is 1. The van der Waals surface area contributed by atoms with Crippen LogP contribution in [-0.2, 0) is 16.1 Å². The van der Waals surface area contributed by atoms with E-state index in [0.29, 0.717) is 18.4 Å². The summed E-state index contributed by atoms with van der Waals surface area (Å²) in [5.41, 5.74) is -0.499. The van der Waals surface area contributed by atoms with Crippen molar-refractivity contribution >= 4 is 11.9 Å². The number of amides is 3. The van der Waals surface area contributed by atoms with Crippen LogP contribution in [0.25, 0.3) is 0 Å². The van der Waals surface area contributed by atoms with Gasteiger partial charge in [-0.2, -0.15) is 0 Å². The van der Waals surface area contributed by atoms with Crippen LogP contribution in [0.5, 0.6) is 0 Å². The zero-order valence-corrected chi connectivity index (χ0v) is 13.9. The summed E-state index contributed by atoms with van der Waals surface area (Å²) in [6, 6.07) is 5.70. The van der Waals surface area contributed by atoms with Crippen molar-refractivity contribution in [3.63, 3.8) is 0 Å². The summed E-state index contributed by atoms with van der Waals surface area (Å²) >= 11 is 0. The highest BCUT2D eigenvalue weighted by Crippen LogP contribution is 2.25. The molecule has 1 aliphatic rings. The van der Waals surface area contributed by atoms with Gasteiger partial charge in [0, 0.05) is 5.56 Å². The Morgan fingerprint density at radius 3 is 2.54 bits per heavy atom. The average Bonchev–Trinajstić information content (AvgIpc) is 2.81. The molecule has 2 rings (SSSR count). The van der Waals surface area contributed by atoms with Crippen LogP contribution >= 0.6 is 0 Å². The van der Waals surface area contributed by atoms with Gasteiger partial charge in [-0.1, -0.05) is 32.0 Å². The Hall–Kier alpha value is -1.99. The van der Waals surface area contributed by atoms with Gasteiger partial charge in [-0.25, -0.2) is 9.18 Å². The van der Waals surface area contributed by atoms with Gasteiger partial charge in [0.25, 0.3) is 5.91 Å². The Kier molecular flexibility index (Phi) is 5.90. The van der Waals surface area contributed by atoms with E-state index in [0.717, 1.165) is 4.90 Å². The number of hydrogen-bond donors (Lipinski definition) is 2. The van der Waals surface area contributed by atoms with Crippen LogP contribution in [0.1, 0.15) is 32.3 Å². The molecule has 0 radical (unpaired) electrons. The third-order valence-electron chi connectivity index (χ3n) is 4.37. The SMILES string of the molecule is CCC1(CC)NC(=O)N(CC(O)COCc2ccccc2F)C1=O. The van der Waals surface area contributed by atoms with Crippen molar-refractivity contribution in [2.45, 2.75) is 44.9 Å². The van der Waals surface area contributed by atoms with E-state index in [1.165, 1.54) is 6.07 Å². The predicted molar refractivity (Wildman–Crippen MR) is 85.6 cm³/mol. The predicted octanol–water partition coefficient (Wildman–Crippen LogP) is 1.81. The molecule has 132 valence electrons. The van der Waals surface area contributed by atoms with Gasteiger partial charge in [0.2, 0.25) is 0 Å². The normalized spacial score (nSPS) is 17.9. The molecule has 0 aliphatic carbocycles. The molecule has 1 unspecified atom stereocenters. The summed E-state index contributed by atoms with van der Waals surface area (Å²) < 4.78 is 18.7. The van der Waals surface area contributed by atoms with Crippen LogP contribution in [0.3, 0.4) is 0 Å². The molecule has 1 aliphatic heterocycles. The fourth-order valence-electron chi connectivity index (χ4n) is 2.76. The van der Waals surface area contributed by atoms with E-state index >= 15 is 0 Å². The van der Waals surface area contributed by atoms with Gasteiger partial charge < -0.3 is 15.2 Å². The molecule has 1 aromatic rings. The number of β-amino-alcohol motifs (C(OH)–C–C–N with tert-alkyl or cyclic N) is 1. The minimum absolute atomic E-state index is 0.0116. The molecule has 0 saturated carbocycles. The maximum absolute atomic E-state index is 13.5. The smallest absolute Gasteiger partial charge is 0.325 e. The fourth-order valence-corrected chi connectivity index (χ4v) is 2.76. The quantitative estimate of drug-likeness (QED) is 0.709. The molecule has 1 aromatic carbocycles. The van der Waals surface area contributed by atoms with Gasteiger partial charge in [-0.15, -0.1) is 0 Å². The number of urea groups is 1. The lowest BCUT2D eigenvalue weighted by Gasteiger charge is -2.23. The Balaban J connectivity index is 1.86. The van der Waals surface area contributed by atoms with Gasteiger partial charge in [-0.05, 0) is 18.9 Å². The summed E-state index contributed by atoms with van der Waals surface area (Å²) in [7, 11) is 0. The van der Waals surface area contributed by atoms with Crippen LogP contribution < -0.4 is 5.32 Å². The van der Waals surface area contributed by atoms with E-state index in [-0.39, 0.29) is 31.5 Å². The third-order valence-corrected chi connectivity index (χ3v) is 4.37. The zero-order chi connectivity index (χ0) is 17.7. The number of aliphatic hydroxyl groups is 1. The van der Waals surface area contributed by atoms with Crippen molar-refractivity contribution in [2.75, 3.05) is 13.2 Å². The van der Waals surface area contributed by atoms with Crippen LogP contribution in [0.4, 0.5) is 9.18 Å². The van der Waals surface area contributed by atoms with Gasteiger partial charge in [0.15, 0.2) is 0 Å². The number of hydrogen-bond acceptors (Lipinski definition) is 4. The fraction of sp³-hybridized carbons (Fsp3) is 0.529. The number of ether oxygens (including phenoxy) is 1. The molecule has 6 nitrogen and oxygen atoms in total. The van der Waals surface area contributed by atoms with E-state index in [2.05, 4.69) is 5.32 Å². The molecule has 1 saturated heterocycles. The molecule has 2 N–H and O–H groups in total. The Bertz CT molecular complexity index is 604. The van der Waals surface area contributed by atoms with Crippen molar-refractivity contribution in [3.8, 4) is 0 Å². The van der Waals surface area contributed by atoms with E-state index < -0.39 is 17.7 Å². The van der Waals surface area contributed by atoms with Gasteiger partial charge >= 0.3 is 6.03 Å². The lowest BCUT2D eigenvalue weighted by atomic mass is 9.93. The molecule has 1 fully saturated rings. The highest BCUT2D eigenvalue weighted by molar-refractivity contribution is 6.07. The van der Waals surface area contributed by atoms with Crippen LogP contribution in [0.15, 0.2) is 24.3 Å². The van der Waals surface area contributed by atoms with E-state index in [4.69, 9.17) is 4.74 Å². The second kappa shape index (κ2) is 7.72. The number of benzene rings is 1. The number of carbonyl (C=O) groups is 2. The van der Waals surface area contributed by atoms with E-state index in [1.54, 1.807) is 18.2 Å². The summed E-state index contributed by atoms with van der Waals surface area (Å²) in [5, 5.41) is 12.7. The molecule has 1 heterocycles. The van der Waals surface area contributed by atoms with Crippen molar-refractivity contribution in [1.82, 2.24) is 10.2 Å². The second-order valence-corrected chi connectivity index (χ2v) is 5.90. The molecule has 1 atom stereocenters. The second-order valence-electron chi connectivity index (χ2n) is 5.90. The number of halogens is 1. The minimum Gasteiger partial charge on any atom is -0.389 e. The Morgan fingerprint density at radius 1 is 1.29 bits per heavy atom. The Morgan fingerprint density at radius 2 is 1.96 bits per heavy atom. The first-order valence-electron chi connectivity index (χ1n) is 8.06. The first-order chi connectivity index (χ1) is 11.4. The first-order valence-corrected chi connectivity index (χ1v) is 8.06. The highest BCUT2D eigenvalue weighted by Gasteiger charge is 2.48. The lowest BCUT2D eigenvalue weighted by molar-refractivity contribution is -0.133. The number of imide groups is 1. The van der Waals surface area contributed by atoms with E-state index in [9.17, 15) is 19.1 Å². The van der Waals surface area contributed by atoms with Gasteiger partial charge in [-0.3, -0.25) is 9.69 Å². The van der Waals surface area contributed by atoms with Crippen molar-refractivity contribution in [1.29, 1.82) is 0 Å². The average molecular weight is 338 g/mol. The molecule has 3 amide bonds. The molecule has 7 heteroatoms. The standard InChI is InChI=1S/C17H23FN2O4/c1-3-17(4-2)15(22)20(16(23)19-17)9-13(21)11-24-10-12-7-5-6-8-14(12)18/h5-8,13,21H,3-4,9-11H2,1-2H3,(H,19,23). The van der Waals surface area contributed by atoms with Gasteiger partial charge in [0.1, 0.15) is 11.4 Å². The van der Waals surface area contributed by atoms with Crippen molar-refractivity contribution in [3.05, 3.63) is 35.6 Å². The number of nitrogens with zero attached hydrogens (tertiary/aromatic N) is 1. The Labute approximate surface area is 140 Å².